The number of benzene rings is 1. The molecule has 0 amide bonds. The van der Waals surface area contributed by atoms with Crippen molar-refractivity contribution in [3.63, 3.8) is 0 Å². The van der Waals surface area contributed by atoms with Gasteiger partial charge < -0.3 is 10.1 Å². The molecular formula is C11H6N2O3. The lowest BCUT2D eigenvalue weighted by molar-refractivity contribution is 0.481. The standard InChI is InChI=1S/C11H6N2O3/c12-5-6-1-2-8-7(3-6)9(14)4-10(15)11(16)13-8/h1-4,14H,(H,13,15,16). The van der Waals surface area contributed by atoms with Gasteiger partial charge in [0.1, 0.15) is 5.75 Å². The summed E-state index contributed by atoms with van der Waals surface area (Å²) < 4.78 is 0. The maximum atomic E-state index is 11.2. The first kappa shape index (κ1) is 9.93. The monoisotopic (exact) mass is 214 g/mol. The first-order valence-corrected chi connectivity index (χ1v) is 4.42. The van der Waals surface area contributed by atoms with Gasteiger partial charge in [0.2, 0.25) is 5.43 Å². The van der Waals surface area contributed by atoms with Crippen molar-refractivity contribution < 1.29 is 5.11 Å². The Labute approximate surface area is 89.2 Å². The van der Waals surface area contributed by atoms with Crippen LogP contribution >= 0.6 is 0 Å². The molecule has 0 saturated heterocycles. The van der Waals surface area contributed by atoms with E-state index in [0.29, 0.717) is 11.1 Å². The summed E-state index contributed by atoms with van der Waals surface area (Å²) >= 11 is 0. The van der Waals surface area contributed by atoms with Gasteiger partial charge in [-0.25, -0.2) is 0 Å². The molecule has 5 heteroatoms. The fourth-order valence-electron chi connectivity index (χ4n) is 1.39. The van der Waals surface area contributed by atoms with Crippen molar-refractivity contribution in [3.05, 3.63) is 50.4 Å². The molecule has 1 heterocycles. The van der Waals surface area contributed by atoms with Gasteiger partial charge >= 0.3 is 0 Å². The third-order valence-electron chi connectivity index (χ3n) is 2.16. The van der Waals surface area contributed by atoms with Crippen LogP contribution in [0.2, 0.25) is 0 Å². The Kier molecular flexibility index (Phi) is 2.18. The summed E-state index contributed by atoms with van der Waals surface area (Å²) in [5.74, 6) is -0.324. The van der Waals surface area contributed by atoms with E-state index in [-0.39, 0.29) is 11.1 Å². The number of nitriles is 1. The van der Waals surface area contributed by atoms with Crippen LogP contribution in [-0.4, -0.2) is 10.1 Å². The van der Waals surface area contributed by atoms with Crippen molar-refractivity contribution in [1.82, 2.24) is 4.98 Å². The molecule has 1 aromatic heterocycles. The summed E-state index contributed by atoms with van der Waals surface area (Å²) in [6.45, 7) is 0. The number of hydrogen-bond donors (Lipinski definition) is 2. The number of fused-ring (bicyclic) bond motifs is 1. The average Bonchev–Trinajstić information content (AvgIpc) is 2.38. The Hall–Kier alpha value is -2.61. The van der Waals surface area contributed by atoms with E-state index in [0.717, 1.165) is 6.07 Å². The van der Waals surface area contributed by atoms with E-state index < -0.39 is 11.0 Å². The fourth-order valence-corrected chi connectivity index (χ4v) is 1.39. The SMILES string of the molecule is N#Cc1ccc2[nH]c(=O)c(=O)cc(O)c2c1. The molecule has 2 rings (SSSR count). The number of aromatic amines is 1. The molecule has 78 valence electrons. The van der Waals surface area contributed by atoms with Crippen LogP contribution in [0.5, 0.6) is 5.75 Å². The highest BCUT2D eigenvalue weighted by molar-refractivity contribution is 5.85. The van der Waals surface area contributed by atoms with Crippen LogP contribution in [0.3, 0.4) is 0 Å². The van der Waals surface area contributed by atoms with Crippen molar-refractivity contribution in [2.24, 2.45) is 0 Å². The van der Waals surface area contributed by atoms with Crippen molar-refractivity contribution in [2.75, 3.05) is 0 Å². The smallest absolute Gasteiger partial charge is 0.296 e. The van der Waals surface area contributed by atoms with Crippen LogP contribution in [0.25, 0.3) is 10.9 Å². The molecule has 5 nitrogen and oxygen atoms in total. The summed E-state index contributed by atoms with van der Waals surface area (Å²) in [5.41, 5.74) is -0.992. The Morgan fingerprint density at radius 2 is 2.00 bits per heavy atom. The van der Waals surface area contributed by atoms with Gasteiger partial charge in [0.15, 0.2) is 0 Å². The molecule has 0 aliphatic heterocycles. The largest absolute Gasteiger partial charge is 0.507 e. The zero-order valence-electron chi connectivity index (χ0n) is 8.02. The average molecular weight is 214 g/mol. The maximum Gasteiger partial charge on any atom is 0.296 e. The van der Waals surface area contributed by atoms with Crippen molar-refractivity contribution in [1.29, 1.82) is 5.26 Å². The van der Waals surface area contributed by atoms with Gasteiger partial charge in [0.25, 0.3) is 5.56 Å². The highest BCUT2D eigenvalue weighted by atomic mass is 16.3. The second kappa shape index (κ2) is 3.51. The fraction of sp³-hybridized carbons (Fsp3) is 0. The second-order valence-electron chi connectivity index (χ2n) is 3.22. The first-order chi connectivity index (χ1) is 7.61. The Morgan fingerprint density at radius 3 is 2.69 bits per heavy atom. The van der Waals surface area contributed by atoms with Crippen LogP contribution < -0.4 is 11.0 Å². The minimum atomic E-state index is -0.827. The summed E-state index contributed by atoms with van der Waals surface area (Å²) in [6, 6.07) is 7.10. The molecule has 0 atom stereocenters. The quantitative estimate of drug-likeness (QED) is 0.623. The lowest BCUT2D eigenvalue weighted by Crippen LogP contribution is -2.22. The van der Waals surface area contributed by atoms with Crippen molar-refractivity contribution >= 4 is 10.9 Å². The predicted octanol–water partition coefficient (Wildman–Crippen LogP) is 0.466. The summed E-state index contributed by atoms with van der Waals surface area (Å²) in [7, 11) is 0. The number of hydrogen-bond acceptors (Lipinski definition) is 4. The third-order valence-corrected chi connectivity index (χ3v) is 2.16. The lowest BCUT2D eigenvalue weighted by Gasteiger charge is -1.95. The molecule has 0 fully saturated rings. The van der Waals surface area contributed by atoms with E-state index in [1.807, 2.05) is 6.07 Å². The van der Waals surface area contributed by atoms with E-state index in [1.54, 1.807) is 0 Å². The number of nitrogens with one attached hydrogen (secondary N) is 1. The number of H-pyrrole nitrogens is 1. The van der Waals surface area contributed by atoms with Gasteiger partial charge in [-0.2, -0.15) is 5.26 Å². The molecule has 16 heavy (non-hydrogen) atoms. The minimum absolute atomic E-state index is 0.262. The topological polar surface area (TPSA) is 94.0 Å². The summed E-state index contributed by atoms with van der Waals surface area (Å²) in [4.78, 5) is 24.7. The predicted molar refractivity (Wildman–Crippen MR) is 57.2 cm³/mol. The molecule has 0 spiro atoms. The zero-order valence-corrected chi connectivity index (χ0v) is 8.02. The third kappa shape index (κ3) is 1.53. The van der Waals surface area contributed by atoms with Crippen LogP contribution in [-0.2, 0) is 0 Å². The normalized spacial score (nSPS) is 9.94. The van der Waals surface area contributed by atoms with Crippen LogP contribution in [0.15, 0.2) is 33.9 Å². The molecule has 0 unspecified atom stereocenters. The Morgan fingerprint density at radius 1 is 1.25 bits per heavy atom. The van der Waals surface area contributed by atoms with E-state index in [9.17, 15) is 14.7 Å². The molecule has 0 bridgehead atoms. The van der Waals surface area contributed by atoms with Gasteiger partial charge in [-0.3, -0.25) is 9.59 Å². The van der Waals surface area contributed by atoms with Crippen molar-refractivity contribution in [2.45, 2.75) is 0 Å². The van der Waals surface area contributed by atoms with E-state index in [4.69, 9.17) is 5.26 Å². The number of aromatic hydroxyl groups is 1. The Bertz CT molecular complexity index is 726. The summed E-state index contributed by atoms with van der Waals surface area (Å²) in [5, 5.41) is 18.5. The minimum Gasteiger partial charge on any atom is -0.507 e. The molecule has 0 aliphatic carbocycles. The highest BCUT2D eigenvalue weighted by Gasteiger charge is 2.03. The molecule has 1 aromatic carbocycles. The number of rotatable bonds is 0. The van der Waals surface area contributed by atoms with Gasteiger partial charge in [-0.1, -0.05) is 0 Å². The molecular weight excluding hydrogens is 208 g/mol. The lowest BCUT2D eigenvalue weighted by atomic mass is 10.1. The van der Waals surface area contributed by atoms with E-state index in [1.165, 1.54) is 18.2 Å². The van der Waals surface area contributed by atoms with Crippen molar-refractivity contribution in [3.8, 4) is 11.8 Å². The van der Waals surface area contributed by atoms with Gasteiger partial charge in [0.05, 0.1) is 17.1 Å². The van der Waals surface area contributed by atoms with E-state index >= 15 is 0 Å². The maximum absolute atomic E-state index is 11.2. The van der Waals surface area contributed by atoms with Crippen LogP contribution in [0, 0.1) is 11.3 Å². The van der Waals surface area contributed by atoms with Gasteiger partial charge in [-0.15, -0.1) is 0 Å². The number of nitrogens with zero attached hydrogens (tertiary/aromatic N) is 1. The number of aromatic nitrogens is 1. The first-order valence-electron chi connectivity index (χ1n) is 4.42. The second-order valence-corrected chi connectivity index (χ2v) is 3.22. The molecule has 0 saturated carbocycles. The van der Waals surface area contributed by atoms with Gasteiger partial charge in [-0.05, 0) is 18.2 Å². The molecule has 0 aliphatic rings. The van der Waals surface area contributed by atoms with Gasteiger partial charge in [0, 0.05) is 11.5 Å². The van der Waals surface area contributed by atoms with Crippen LogP contribution in [0.1, 0.15) is 5.56 Å². The highest BCUT2D eigenvalue weighted by Crippen LogP contribution is 2.20. The zero-order chi connectivity index (χ0) is 11.7. The summed E-state index contributed by atoms with van der Waals surface area (Å²) in [6.07, 6.45) is 0. The van der Waals surface area contributed by atoms with E-state index in [2.05, 4.69) is 4.98 Å². The Balaban J connectivity index is 3.05. The molecule has 0 radical (unpaired) electrons. The molecule has 2 aromatic rings. The molecule has 2 N–H and O–H groups in total. The van der Waals surface area contributed by atoms with Crippen LogP contribution in [0.4, 0.5) is 0 Å².